The highest BCUT2D eigenvalue weighted by Crippen LogP contribution is 2.19. The first-order valence-electron chi connectivity index (χ1n) is 5.81. The number of carbonyl (C=O) groups excluding carboxylic acids is 1. The van der Waals surface area contributed by atoms with Gasteiger partial charge in [-0.05, 0) is 19.1 Å². The number of amides is 1. The second-order valence-electron chi connectivity index (χ2n) is 4.35. The van der Waals surface area contributed by atoms with Crippen molar-refractivity contribution in [3.8, 4) is 0 Å². The van der Waals surface area contributed by atoms with Crippen LogP contribution in [-0.2, 0) is 4.79 Å². The molecular formula is C13H18F2N2O. The number of carbonyl (C=O) groups is 1. The lowest BCUT2D eigenvalue weighted by atomic mass is 10.1. The molecule has 1 amide bonds. The van der Waals surface area contributed by atoms with Gasteiger partial charge in [-0.25, -0.2) is 8.78 Å². The molecule has 0 aromatic heterocycles. The molecule has 1 N–H and O–H groups in total. The summed E-state index contributed by atoms with van der Waals surface area (Å²) in [5, 5.41) is 2.94. The van der Waals surface area contributed by atoms with Crippen LogP contribution in [0.2, 0.25) is 0 Å². The van der Waals surface area contributed by atoms with E-state index < -0.39 is 17.7 Å². The van der Waals surface area contributed by atoms with E-state index in [1.165, 1.54) is 23.1 Å². The minimum Gasteiger partial charge on any atom is -0.349 e. The van der Waals surface area contributed by atoms with Crippen molar-refractivity contribution < 1.29 is 13.6 Å². The predicted molar refractivity (Wildman–Crippen MR) is 66.1 cm³/mol. The maximum Gasteiger partial charge on any atom is 0.223 e. The molecule has 100 valence electrons. The lowest BCUT2D eigenvalue weighted by Gasteiger charge is -2.16. The van der Waals surface area contributed by atoms with E-state index in [2.05, 4.69) is 5.32 Å². The number of benzene rings is 1. The van der Waals surface area contributed by atoms with Crippen LogP contribution in [-0.4, -0.2) is 31.4 Å². The van der Waals surface area contributed by atoms with Crippen molar-refractivity contribution in [1.82, 2.24) is 10.2 Å². The average Bonchev–Trinajstić information content (AvgIpc) is 2.28. The molecule has 1 unspecified atom stereocenters. The Balaban J connectivity index is 2.56. The van der Waals surface area contributed by atoms with Gasteiger partial charge in [0, 0.05) is 38.7 Å². The molecule has 0 spiro atoms. The van der Waals surface area contributed by atoms with Crippen molar-refractivity contribution >= 4 is 5.91 Å². The maximum absolute atomic E-state index is 13.5. The first kappa shape index (κ1) is 14.6. The summed E-state index contributed by atoms with van der Waals surface area (Å²) >= 11 is 0. The number of nitrogens with one attached hydrogen (secondary N) is 1. The largest absolute Gasteiger partial charge is 0.349 e. The molecule has 5 heteroatoms. The Hall–Kier alpha value is -1.49. The summed E-state index contributed by atoms with van der Waals surface area (Å²) in [6.07, 6.45) is 0.299. The summed E-state index contributed by atoms with van der Waals surface area (Å²) in [4.78, 5) is 12.8. The van der Waals surface area contributed by atoms with E-state index in [9.17, 15) is 13.6 Å². The standard InChI is InChI=1S/C13H18F2N2O/c1-9(16-8-7-12(18)17(2)3)13-10(14)5-4-6-11(13)15/h4-6,9,16H,7-8H2,1-3H3. The monoisotopic (exact) mass is 256 g/mol. The minimum atomic E-state index is -0.575. The van der Waals surface area contributed by atoms with Crippen LogP contribution in [0.15, 0.2) is 18.2 Å². The smallest absolute Gasteiger partial charge is 0.223 e. The summed E-state index contributed by atoms with van der Waals surface area (Å²) < 4.78 is 26.9. The Kier molecular flexibility index (Phi) is 5.22. The van der Waals surface area contributed by atoms with Crippen LogP contribution in [0, 0.1) is 11.6 Å². The predicted octanol–water partition coefficient (Wildman–Crippen LogP) is 2.09. The first-order chi connectivity index (χ1) is 8.43. The van der Waals surface area contributed by atoms with Crippen LogP contribution in [0.5, 0.6) is 0 Å². The molecule has 1 aromatic carbocycles. The second kappa shape index (κ2) is 6.44. The number of nitrogens with zero attached hydrogens (tertiary/aromatic N) is 1. The fraction of sp³-hybridized carbons (Fsp3) is 0.462. The molecule has 0 radical (unpaired) electrons. The van der Waals surface area contributed by atoms with Gasteiger partial charge in [0.05, 0.1) is 0 Å². The van der Waals surface area contributed by atoms with Gasteiger partial charge in [-0.1, -0.05) is 6.07 Å². The molecule has 0 heterocycles. The van der Waals surface area contributed by atoms with Crippen LogP contribution in [0.25, 0.3) is 0 Å². The Bertz CT molecular complexity index is 401. The van der Waals surface area contributed by atoms with Crippen molar-refractivity contribution in [1.29, 1.82) is 0 Å². The second-order valence-corrected chi connectivity index (χ2v) is 4.35. The molecule has 18 heavy (non-hydrogen) atoms. The van der Waals surface area contributed by atoms with Crippen LogP contribution < -0.4 is 5.32 Å². The van der Waals surface area contributed by atoms with Gasteiger partial charge >= 0.3 is 0 Å². The van der Waals surface area contributed by atoms with Gasteiger partial charge in [0.1, 0.15) is 11.6 Å². The van der Waals surface area contributed by atoms with Crippen LogP contribution in [0.4, 0.5) is 8.78 Å². The summed E-state index contributed by atoms with van der Waals surface area (Å²) in [6.45, 7) is 2.05. The Morgan fingerprint density at radius 3 is 2.39 bits per heavy atom. The van der Waals surface area contributed by atoms with Gasteiger partial charge in [0.2, 0.25) is 5.91 Å². The van der Waals surface area contributed by atoms with Gasteiger partial charge < -0.3 is 10.2 Å². The highest BCUT2D eigenvalue weighted by molar-refractivity contribution is 5.75. The summed E-state index contributed by atoms with van der Waals surface area (Å²) in [6, 6.07) is 3.31. The average molecular weight is 256 g/mol. The Labute approximate surface area is 106 Å². The van der Waals surface area contributed by atoms with E-state index in [1.807, 2.05) is 0 Å². The maximum atomic E-state index is 13.5. The first-order valence-corrected chi connectivity index (χ1v) is 5.81. The highest BCUT2D eigenvalue weighted by atomic mass is 19.1. The Morgan fingerprint density at radius 1 is 1.33 bits per heavy atom. The minimum absolute atomic E-state index is 0.00908. The molecule has 0 aliphatic carbocycles. The molecule has 0 saturated carbocycles. The van der Waals surface area contributed by atoms with Crippen molar-refractivity contribution in [3.63, 3.8) is 0 Å². The van der Waals surface area contributed by atoms with Crippen LogP contribution in [0.1, 0.15) is 24.9 Å². The molecule has 1 rings (SSSR count). The molecule has 0 aliphatic heterocycles. The molecule has 0 bridgehead atoms. The van der Waals surface area contributed by atoms with E-state index in [1.54, 1.807) is 21.0 Å². The topological polar surface area (TPSA) is 32.3 Å². The third-order valence-corrected chi connectivity index (χ3v) is 2.72. The Morgan fingerprint density at radius 2 is 1.89 bits per heavy atom. The fourth-order valence-electron chi connectivity index (χ4n) is 1.65. The zero-order valence-electron chi connectivity index (χ0n) is 10.8. The van der Waals surface area contributed by atoms with Gasteiger partial charge in [0.25, 0.3) is 0 Å². The van der Waals surface area contributed by atoms with E-state index >= 15 is 0 Å². The quantitative estimate of drug-likeness (QED) is 0.875. The van der Waals surface area contributed by atoms with Crippen LogP contribution >= 0.6 is 0 Å². The van der Waals surface area contributed by atoms with Crippen molar-refractivity contribution in [3.05, 3.63) is 35.4 Å². The normalized spacial score (nSPS) is 12.3. The van der Waals surface area contributed by atoms with Gasteiger partial charge in [0.15, 0.2) is 0 Å². The fourth-order valence-corrected chi connectivity index (χ4v) is 1.65. The molecule has 1 atom stereocenters. The van der Waals surface area contributed by atoms with E-state index in [-0.39, 0.29) is 11.5 Å². The summed E-state index contributed by atoms with van der Waals surface area (Å²) in [5.74, 6) is -1.17. The third-order valence-electron chi connectivity index (χ3n) is 2.72. The van der Waals surface area contributed by atoms with E-state index in [0.717, 1.165) is 0 Å². The van der Waals surface area contributed by atoms with Crippen molar-refractivity contribution in [2.45, 2.75) is 19.4 Å². The summed E-state index contributed by atoms with van der Waals surface area (Å²) in [5.41, 5.74) is 0.00908. The van der Waals surface area contributed by atoms with Crippen molar-refractivity contribution in [2.24, 2.45) is 0 Å². The highest BCUT2D eigenvalue weighted by Gasteiger charge is 2.15. The van der Waals surface area contributed by atoms with Gasteiger partial charge in [-0.3, -0.25) is 4.79 Å². The SMILES string of the molecule is CC(NCCC(=O)N(C)C)c1c(F)cccc1F. The molecule has 0 aliphatic rings. The van der Waals surface area contributed by atoms with E-state index in [4.69, 9.17) is 0 Å². The molecule has 1 aromatic rings. The lowest BCUT2D eigenvalue weighted by Crippen LogP contribution is -2.28. The zero-order valence-corrected chi connectivity index (χ0v) is 10.8. The third kappa shape index (κ3) is 3.77. The van der Waals surface area contributed by atoms with E-state index in [0.29, 0.717) is 13.0 Å². The zero-order chi connectivity index (χ0) is 13.7. The van der Waals surface area contributed by atoms with Gasteiger partial charge in [-0.2, -0.15) is 0 Å². The van der Waals surface area contributed by atoms with Gasteiger partial charge in [-0.15, -0.1) is 0 Å². The summed E-state index contributed by atoms with van der Waals surface area (Å²) in [7, 11) is 3.34. The molecule has 0 saturated heterocycles. The lowest BCUT2D eigenvalue weighted by molar-refractivity contribution is -0.128. The van der Waals surface area contributed by atoms with Crippen LogP contribution in [0.3, 0.4) is 0 Å². The van der Waals surface area contributed by atoms with Crippen molar-refractivity contribution in [2.75, 3.05) is 20.6 Å². The number of hydrogen-bond acceptors (Lipinski definition) is 2. The molecule has 3 nitrogen and oxygen atoms in total. The number of rotatable bonds is 5. The molecule has 0 fully saturated rings. The molecular weight excluding hydrogens is 238 g/mol. The number of hydrogen-bond donors (Lipinski definition) is 1. The number of halogens is 2.